The monoisotopic (exact) mass is 402 g/mol. The molecule has 0 spiro atoms. The Labute approximate surface area is 175 Å². The Morgan fingerprint density at radius 2 is 1.79 bits per heavy atom. The smallest absolute Gasteiger partial charge is 0.302 e. The van der Waals surface area contributed by atoms with Crippen LogP contribution in [-0.4, -0.2) is 24.1 Å². The van der Waals surface area contributed by atoms with Gasteiger partial charge in [-0.1, -0.05) is 25.5 Å². The third-order valence-corrected chi connectivity index (χ3v) is 9.38. The van der Waals surface area contributed by atoms with Crippen LogP contribution in [0.2, 0.25) is 0 Å². The van der Waals surface area contributed by atoms with Crippen LogP contribution in [0.5, 0.6) is 0 Å². The second kappa shape index (κ2) is 7.42. The molecule has 0 saturated heterocycles. The predicted molar refractivity (Wildman–Crippen MR) is 112 cm³/mol. The SMILES string of the molecule is CC(=O)OC(C)C1CCC2C3CC=C4C[C@@H](OC(C)=O)CC[C@]4(C)C3CC[C@]12C. The summed E-state index contributed by atoms with van der Waals surface area (Å²) in [6.45, 7) is 10.1. The minimum absolute atomic E-state index is 0.0171. The van der Waals surface area contributed by atoms with Gasteiger partial charge in [0.1, 0.15) is 12.2 Å². The van der Waals surface area contributed by atoms with E-state index in [2.05, 4.69) is 26.8 Å². The van der Waals surface area contributed by atoms with Gasteiger partial charge in [-0.25, -0.2) is 0 Å². The summed E-state index contributed by atoms with van der Waals surface area (Å²) in [4.78, 5) is 23.0. The second-order valence-corrected chi connectivity index (χ2v) is 10.8. The van der Waals surface area contributed by atoms with Gasteiger partial charge in [0, 0.05) is 26.2 Å². The highest BCUT2D eigenvalue weighted by Gasteiger charge is 2.59. The van der Waals surface area contributed by atoms with Crippen LogP contribution in [0.1, 0.15) is 86.0 Å². The normalized spacial score (nSPS) is 44.6. The van der Waals surface area contributed by atoms with Crippen molar-refractivity contribution in [2.24, 2.45) is 34.5 Å². The Kier molecular flexibility index (Phi) is 5.36. The topological polar surface area (TPSA) is 52.6 Å². The van der Waals surface area contributed by atoms with Crippen molar-refractivity contribution in [1.29, 1.82) is 0 Å². The summed E-state index contributed by atoms with van der Waals surface area (Å²) in [5.41, 5.74) is 2.09. The summed E-state index contributed by atoms with van der Waals surface area (Å²) < 4.78 is 11.2. The Morgan fingerprint density at radius 3 is 2.48 bits per heavy atom. The summed E-state index contributed by atoms with van der Waals surface area (Å²) in [7, 11) is 0. The van der Waals surface area contributed by atoms with Crippen molar-refractivity contribution in [3.8, 4) is 0 Å². The van der Waals surface area contributed by atoms with Crippen LogP contribution in [0.3, 0.4) is 0 Å². The van der Waals surface area contributed by atoms with E-state index in [4.69, 9.17) is 9.47 Å². The predicted octanol–water partition coefficient (Wildman–Crippen LogP) is 5.45. The molecule has 3 fully saturated rings. The first-order valence-electron chi connectivity index (χ1n) is 11.7. The van der Waals surface area contributed by atoms with E-state index in [1.807, 2.05) is 0 Å². The molecule has 0 aromatic rings. The Morgan fingerprint density at radius 1 is 1.03 bits per heavy atom. The van der Waals surface area contributed by atoms with Crippen LogP contribution in [0.4, 0.5) is 0 Å². The fourth-order valence-corrected chi connectivity index (χ4v) is 8.12. The van der Waals surface area contributed by atoms with Crippen LogP contribution in [0.15, 0.2) is 11.6 Å². The molecule has 4 rings (SSSR count). The lowest BCUT2D eigenvalue weighted by Gasteiger charge is -2.58. The molecular weight excluding hydrogens is 364 g/mol. The summed E-state index contributed by atoms with van der Waals surface area (Å²) in [5, 5.41) is 0. The molecule has 4 heteroatoms. The maximum Gasteiger partial charge on any atom is 0.302 e. The summed E-state index contributed by atoms with van der Waals surface area (Å²) >= 11 is 0. The highest BCUT2D eigenvalue weighted by Crippen LogP contribution is 2.66. The molecule has 0 amide bonds. The number of hydrogen-bond donors (Lipinski definition) is 0. The fourth-order valence-electron chi connectivity index (χ4n) is 8.12. The molecule has 0 radical (unpaired) electrons. The standard InChI is InChI=1S/C25H38O4/c1-15(28-16(2)26)21-8-9-22-20-7-6-18-14-19(29-17(3)27)10-12-24(18,4)23(20)11-13-25(21,22)5/h6,15,19-23H,7-14H2,1-5H3/t15?,19-,20?,21?,22?,23?,24-,25+/m0/s1. The first-order chi connectivity index (χ1) is 13.6. The molecule has 0 aromatic heterocycles. The van der Waals surface area contributed by atoms with E-state index in [1.54, 1.807) is 5.57 Å². The Bertz CT molecular complexity index is 712. The number of allylic oxidation sites excluding steroid dienone is 1. The fraction of sp³-hybridized carbons (Fsp3) is 0.840. The van der Waals surface area contributed by atoms with Crippen LogP contribution < -0.4 is 0 Å². The van der Waals surface area contributed by atoms with Gasteiger partial charge in [-0.2, -0.15) is 0 Å². The van der Waals surface area contributed by atoms with Crippen LogP contribution in [0, 0.1) is 34.5 Å². The number of rotatable bonds is 3. The third kappa shape index (κ3) is 3.45. The van der Waals surface area contributed by atoms with E-state index in [9.17, 15) is 9.59 Å². The van der Waals surface area contributed by atoms with E-state index in [0.717, 1.165) is 43.4 Å². The van der Waals surface area contributed by atoms with E-state index in [0.29, 0.717) is 5.92 Å². The summed E-state index contributed by atoms with van der Waals surface area (Å²) in [6, 6.07) is 0. The molecule has 3 saturated carbocycles. The van der Waals surface area contributed by atoms with Gasteiger partial charge >= 0.3 is 11.9 Å². The summed E-state index contributed by atoms with van der Waals surface area (Å²) in [5.74, 6) is 2.38. The number of esters is 2. The van der Waals surface area contributed by atoms with Crippen molar-refractivity contribution in [2.45, 2.75) is 98.2 Å². The largest absolute Gasteiger partial charge is 0.463 e. The van der Waals surface area contributed by atoms with Gasteiger partial charge in [-0.3, -0.25) is 9.59 Å². The quantitative estimate of drug-likeness (QED) is 0.465. The van der Waals surface area contributed by atoms with E-state index < -0.39 is 0 Å². The van der Waals surface area contributed by atoms with Crippen molar-refractivity contribution in [3.05, 3.63) is 11.6 Å². The molecule has 4 nitrogen and oxygen atoms in total. The number of fused-ring (bicyclic) bond motifs is 5. The van der Waals surface area contributed by atoms with E-state index >= 15 is 0 Å². The zero-order chi connectivity index (χ0) is 21.0. The van der Waals surface area contributed by atoms with Gasteiger partial charge in [-0.05, 0) is 80.5 Å². The highest BCUT2D eigenvalue weighted by atomic mass is 16.5. The molecule has 162 valence electrons. The molecule has 0 aliphatic heterocycles. The van der Waals surface area contributed by atoms with Crippen molar-refractivity contribution in [2.75, 3.05) is 0 Å². The number of hydrogen-bond acceptors (Lipinski definition) is 4. The Balaban J connectivity index is 1.54. The van der Waals surface area contributed by atoms with Gasteiger partial charge in [0.25, 0.3) is 0 Å². The number of ether oxygens (including phenoxy) is 2. The van der Waals surface area contributed by atoms with Crippen LogP contribution >= 0.6 is 0 Å². The minimum atomic E-state index is -0.153. The first-order valence-corrected chi connectivity index (χ1v) is 11.7. The molecule has 0 N–H and O–H groups in total. The van der Waals surface area contributed by atoms with Crippen molar-refractivity contribution < 1.29 is 19.1 Å². The second-order valence-electron chi connectivity index (χ2n) is 10.8. The first kappa shape index (κ1) is 20.9. The lowest BCUT2D eigenvalue weighted by molar-refractivity contribution is -0.153. The van der Waals surface area contributed by atoms with Gasteiger partial charge in [0.2, 0.25) is 0 Å². The maximum absolute atomic E-state index is 11.5. The van der Waals surface area contributed by atoms with E-state index in [-0.39, 0.29) is 35.0 Å². The third-order valence-electron chi connectivity index (χ3n) is 9.38. The maximum atomic E-state index is 11.5. The van der Waals surface area contributed by atoms with Crippen LogP contribution in [0.25, 0.3) is 0 Å². The minimum Gasteiger partial charge on any atom is -0.463 e. The molecule has 5 unspecified atom stereocenters. The van der Waals surface area contributed by atoms with Gasteiger partial charge < -0.3 is 9.47 Å². The molecular formula is C25H38O4. The van der Waals surface area contributed by atoms with Crippen molar-refractivity contribution >= 4 is 11.9 Å². The van der Waals surface area contributed by atoms with Gasteiger partial charge in [0.05, 0.1) is 0 Å². The zero-order valence-electron chi connectivity index (χ0n) is 18.8. The lowest BCUT2D eigenvalue weighted by Crippen LogP contribution is -2.51. The molecule has 0 heterocycles. The molecule has 8 atom stereocenters. The zero-order valence-corrected chi connectivity index (χ0v) is 18.8. The molecule has 4 aliphatic carbocycles. The number of carbonyl (C=O) groups is 2. The molecule has 4 aliphatic rings. The average molecular weight is 403 g/mol. The average Bonchev–Trinajstić information content (AvgIpc) is 2.98. The number of carbonyl (C=O) groups excluding carboxylic acids is 2. The van der Waals surface area contributed by atoms with Crippen molar-refractivity contribution in [3.63, 3.8) is 0 Å². The summed E-state index contributed by atoms with van der Waals surface area (Å²) in [6.07, 6.45) is 11.8. The Hall–Kier alpha value is -1.32. The van der Waals surface area contributed by atoms with Gasteiger partial charge in [0.15, 0.2) is 0 Å². The molecule has 0 aromatic carbocycles. The molecule has 0 bridgehead atoms. The molecule has 29 heavy (non-hydrogen) atoms. The highest BCUT2D eigenvalue weighted by molar-refractivity contribution is 5.66. The van der Waals surface area contributed by atoms with E-state index in [1.165, 1.54) is 39.5 Å². The lowest BCUT2D eigenvalue weighted by atomic mass is 9.47. The van der Waals surface area contributed by atoms with Crippen LogP contribution in [-0.2, 0) is 19.1 Å². The van der Waals surface area contributed by atoms with Gasteiger partial charge in [-0.15, -0.1) is 0 Å². The van der Waals surface area contributed by atoms with Crippen molar-refractivity contribution in [1.82, 2.24) is 0 Å².